The number of nitrogens with zero attached hydrogens (tertiary/aromatic N) is 2. The summed E-state index contributed by atoms with van der Waals surface area (Å²) in [5.41, 5.74) is 4.34. The van der Waals surface area contributed by atoms with E-state index in [-0.39, 0.29) is 36.0 Å². The van der Waals surface area contributed by atoms with Crippen LogP contribution in [0.25, 0.3) is 0 Å². The lowest BCUT2D eigenvalue weighted by molar-refractivity contribution is -0.117. The largest absolute Gasteiger partial charge is 0.494 e. The van der Waals surface area contributed by atoms with Gasteiger partial charge in [0.25, 0.3) is 0 Å². The summed E-state index contributed by atoms with van der Waals surface area (Å²) < 4.78 is 11.8. The van der Waals surface area contributed by atoms with Crippen molar-refractivity contribution in [1.29, 1.82) is 0 Å². The highest BCUT2D eigenvalue weighted by Gasteiger charge is 2.22. The van der Waals surface area contributed by atoms with E-state index < -0.39 is 0 Å². The van der Waals surface area contributed by atoms with E-state index in [0.717, 1.165) is 47.7 Å². The van der Waals surface area contributed by atoms with E-state index in [4.69, 9.17) is 9.47 Å². The van der Waals surface area contributed by atoms with Gasteiger partial charge in [-0.15, -0.1) is 24.0 Å². The van der Waals surface area contributed by atoms with E-state index in [9.17, 15) is 4.79 Å². The van der Waals surface area contributed by atoms with Crippen molar-refractivity contribution in [3.05, 3.63) is 53.1 Å². The molecule has 2 aliphatic heterocycles. The first-order chi connectivity index (χ1) is 15.6. The maximum absolute atomic E-state index is 11.9. The Kier molecular flexibility index (Phi) is 8.82. The fourth-order valence-corrected chi connectivity index (χ4v) is 4.21. The molecule has 2 heterocycles. The molecule has 2 aliphatic rings. The van der Waals surface area contributed by atoms with E-state index in [2.05, 4.69) is 34.7 Å². The molecule has 178 valence electrons. The van der Waals surface area contributed by atoms with E-state index in [1.54, 1.807) is 7.05 Å². The first kappa shape index (κ1) is 25.1. The molecule has 0 aliphatic carbocycles. The normalized spacial score (nSPS) is 17.3. The summed E-state index contributed by atoms with van der Waals surface area (Å²) in [7, 11) is 1.76. The van der Waals surface area contributed by atoms with Crippen LogP contribution < -0.4 is 25.0 Å². The standard InChI is InChI=1S/C25H32N4O3.HI/c1-4-31-22-13-19-12-17(2)32-23(19)14-20(22)16-28-25(26-3)27-15-18-7-9-21(10-8-18)29-11-5-6-24(29)30;/h7-10,13-14,17H,4-6,11-12,15-16H2,1-3H3,(H2,26,27,28);1H. The van der Waals surface area contributed by atoms with Gasteiger partial charge in [0.2, 0.25) is 5.91 Å². The Balaban J connectivity index is 0.00000306. The summed E-state index contributed by atoms with van der Waals surface area (Å²) in [4.78, 5) is 18.1. The molecule has 7 nitrogen and oxygen atoms in total. The Bertz CT molecular complexity index is 994. The highest BCUT2D eigenvalue weighted by Crippen LogP contribution is 2.35. The summed E-state index contributed by atoms with van der Waals surface area (Å²) in [5, 5.41) is 6.72. The lowest BCUT2D eigenvalue weighted by Crippen LogP contribution is -2.36. The van der Waals surface area contributed by atoms with Gasteiger partial charge in [0.05, 0.1) is 6.61 Å². The number of guanidine groups is 1. The van der Waals surface area contributed by atoms with E-state index >= 15 is 0 Å². The molecule has 0 aromatic heterocycles. The third-order valence-corrected chi connectivity index (χ3v) is 5.83. The molecule has 2 N–H and O–H groups in total. The van der Waals surface area contributed by atoms with Crippen molar-refractivity contribution in [2.75, 3.05) is 25.1 Å². The van der Waals surface area contributed by atoms with Crippen LogP contribution in [0.2, 0.25) is 0 Å². The van der Waals surface area contributed by atoms with Crippen molar-refractivity contribution in [1.82, 2.24) is 10.6 Å². The second-order valence-electron chi connectivity index (χ2n) is 8.23. The average molecular weight is 564 g/mol. The molecule has 0 spiro atoms. The predicted octanol–water partition coefficient (Wildman–Crippen LogP) is 4.02. The number of benzene rings is 2. The van der Waals surface area contributed by atoms with Crippen LogP contribution in [0, 0.1) is 0 Å². The van der Waals surface area contributed by atoms with Crippen LogP contribution in [0.4, 0.5) is 5.69 Å². The van der Waals surface area contributed by atoms with Gasteiger partial charge in [0.1, 0.15) is 17.6 Å². The fraction of sp³-hybridized carbons (Fsp3) is 0.440. The Morgan fingerprint density at radius 2 is 1.97 bits per heavy atom. The molecule has 1 atom stereocenters. The molecular formula is C25H33IN4O3. The molecule has 0 bridgehead atoms. The van der Waals surface area contributed by atoms with Gasteiger partial charge in [-0.3, -0.25) is 9.79 Å². The number of hydrogen-bond acceptors (Lipinski definition) is 4. The molecule has 1 unspecified atom stereocenters. The molecule has 2 aromatic carbocycles. The highest BCUT2D eigenvalue weighted by molar-refractivity contribution is 14.0. The summed E-state index contributed by atoms with van der Waals surface area (Å²) in [6.07, 6.45) is 2.69. The second kappa shape index (κ2) is 11.6. The molecular weight excluding hydrogens is 531 g/mol. The van der Waals surface area contributed by atoms with Crippen LogP contribution in [-0.4, -0.2) is 38.2 Å². The zero-order valence-corrected chi connectivity index (χ0v) is 21.8. The van der Waals surface area contributed by atoms with Gasteiger partial charge in [-0.05, 0) is 50.1 Å². The maximum Gasteiger partial charge on any atom is 0.227 e. The van der Waals surface area contributed by atoms with Crippen molar-refractivity contribution in [2.45, 2.75) is 52.3 Å². The Labute approximate surface area is 213 Å². The minimum atomic E-state index is 0. The van der Waals surface area contributed by atoms with Crippen molar-refractivity contribution in [3.63, 3.8) is 0 Å². The van der Waals surface area contributed by atoms with Gasteiger partial charge in [-0.25, -0.2) is 0 Å². The zero-order chi connectivity index (χ0) is 22.5. The summed E-state index contributed by atoms with van der Waals surface area (Å²) >= 11 is 0. The molecule has 33 heavy (non-hydrogen) atoms. The molecule has 1 amide bonds. The first-order valence-corrected chi connectivity index (χ1v) is 11.4. The molecule has 0 saturated carbocycles. The van der Waals surface area contributed by atoms with Crippen LogP contribution >= 0.6 is 24.0 Å². The maximum atomic E-state index is 11.9. The highest BCUT2D eigenvalue weighted by atomic mass is 127. The summed E-state index contributed by atoms with van der Waals surface area (Å²) in [5.74, 6) is 2.75. The van der Waals surface area contributed by atoms with Crippen molar-refractivity contribution in [3.8, 4) is 11.5 Å². The molecule has 2 aromatic rings. The number of halogens is 1. The number of carbonyl (C=O) groups is 1. The molecule has 8 heteroatoms. The van der Waals surface area contributed by atoms with Crippen LogP contribution in [0.1, 0.15) is 43.4 Å². The number of nitrogens with one attached hydrogen (secondary N) is 2. The number of rotatable bonds is 7. The van der Waals surface area contributed by atoms with E-state index in [1.807, 2.05) is 36.1 Å². The van der Waals surface area contributed by atoms with Crippen LogP contribution in [0.15, 0.2) is 41.4 Å². The molecule has 1 fully saturated rings. The van der Waals surface area contributed by atoms with Crippen LogP contribution in [-0.2, 0) is 24.3 Å². The van der Waals surface area contributed by atoms with Crippen LogP contribution in [0.3, 0.4) is 0 Å². The van der Waals surface area contributed by atoms with E-state index in [1.165, 1.54) is 5.56 Å². The minimum Gasteiger partial charge on any atom is -0.494 e. The summed E-state index contributed by atoms with van der Waals surface area (Å²) in [6, 6.07) is 12.3. The fourth-order valence-electron chi connectivity index (χ4n) is 4.21. The molecule has 1 saturated heterocycles. The van der Waals surface area contributed by atoms with Gasteiger partial charge < -0.3 is 25.0 Å². The number of fused-ring (bicyclic) bond motifs is 1. The average Bonchev–Trinajstić information content (AvgIpc) is 3.38. The number of ether oxygens (including phenoxy) is 2. The van der Waals surface area contributed by atoms with Gasteiger partial charge in [0.15, 0.2) is 5.96 Å². The topological polar surface area (TPSA) is 75.2 Å². The zero-order valence-electron chi connectivity index (χ0n) is 19.5. The van der Waals surface area contributed by atoms with Gasteiger partial charge in [0, 0.05) is 56.3 Å². The Morgan fingerprint density at radius 3 is 2.64 bits per heavy atom. The van der Waals surface area contributed by atoms with Crippen LogP contribution in [0.5, 0.6) is 11.5 Å². The second-order valence-corrected chi connectivity index (χ2v) is 8.23. The quantitative estimate of drug-likeness (QED) is 0.302. The summed E-state index contributed by atoms with van der Waals surface area (Å²) in [6.45, 7) is 6.72. The van der Waals surface area contributed by atoms with Gasteiger partial charge in [-0.1, -0.05) is 12.1 Å². The number of anilines is 1. The third kappa shape index (κ3) is 6.10. The predicted molar refractivity (Wildman–Crippen MR) is 142 cm³/mol. The monoisotopic (exact) mass is 564 g/mol. The first-order valence-electron chi connectivity index (χ1n) is 11.4. The lowest BCUT2D eigenvalue weighted by atomic mass is 10.1. The third-order valence-electron chi connectivity index (χ3n) is 5.83. The van der Waals surface area contributed by atoms with E-state index in [0.29, 0.717) is 32.1 Å². The molecule has 0 radical (unpaired) electrons. The number of carbonyl (C=O) groups excluding carboxylic acids is 1. The molecule has 4 rings (SSSR count). The number of amides is 1. The lowest BCUT2D eigenvalue weighted by Gasteiger charge is -2.17. The Morgan fingerprint density at radius 1 is 1.21 bits per heavy atom. The van der Waals surface area contributed by atoms with Crippen molar-refractivity contribution < 1.29 is 14.3 Å². The minimum absolute atomic E-state index is 0. The van der Waals surface area contributed by atoms with Crippen molar-refractivity contribution in [2.24, 2.45) is 4.99 Å². The van der Waals surface area contributed by atoms with Gasteiger partial charge >= 0.3 is 0 Å². The Hall–Kier alpha value is -2.49. The van der Waals surface area contributed by atoms with Crippen molar-refractivity contribution >= 4 is 41.5 Å². The number of hydrogen-bond donors (Lipinski definition) is 2. The number of aliphatic imine (C=N–C) groups is 1. The smallest absolute Gasteiger partial charge is 0.227 e. The SMILES string of the molecule is CCOc1cc2c(cc1CNC(=NC)NCc1ccc(N3CCCC3=O)cc1)OC(C)C2.I. The van der Waals surface area contributed by atoms with Gasteiger partial charge in [-0.2, -0.15) is 0 Å².